The van der Waals surface area contributed by atoms with E-state index in [1.807, 2.05) is 0 Å². The third-order valence-electron chi connectivity index (χ3n) is 4.00. The van der Waals surface area contributed by atoms with Gasteiger partial charge in [-0.3, -0.25) is 14.5 Å². The van der Waals surface area contributed by atoms with E-state index < -0.39 is 15.8 Å². The lowest BCUT2D eigenvalue weighted by Gasteiger charge is -2.18. The number of pyridine rings is 1. The Morgan fingerprint density at radius 2 is 1.75 bits per heavy atom. The summed E-state index contributed by atoms with van der Waals surface area (Å²) in [6.07, 6.45) is 3.28. The maximum Gasteiger partial charge on any atom is 0.261 e. The molecule has 0 saturated carbocycles. The molecule has 28 heavy (non-hydrogen) atoms. The summed E-state index contributed by atoms with van der Waals surface area (Å²) in [6.45, 7) is 0.367. The average Bonchev–Trinajstić information content (AvgIpc) is 2.70. The van der Waals surface area contributed by atoms with Crippen molar-refractivity contribution < 1.29 is 17.6 Å². The molecule has 6 nitrogen and oxygen atoms in total. The molecule has 0 atom stereocenters. The molecule has 1 amide bonds. The predicted octanol–water partition coefficient (Wildman–Crippen LogP) is 3.29. The van der Waals surface area contributed by atoms with Crippen LogP contribution in [0.5, 0.6) is 0 Å². The minimum absolute atomic E-state index is 0.0556. The molecular weight excluding hydrogens is 381 g/mol. The highest BCUT2D eigenvalue weighted by Gasteiger charge is 2.18. The molecule has 3 rings (SSSR count). The number of nitrogens with zero attached hydrogens (tertiary/aromatic N) is 2. The summed E-state index contributed by atoms with van der Waals surface area (Å²) in [5.74, 6) is -0.775. The van der Waals surface area contributed by atoms with E-state index in [9.17, 15) is 17.6 Å². The van der Waals surface area contributed by atoms with Crippen LogP contribution in [0.3, 0.4) is 0 Å². The molecule has 1 N–H and O–H groups in total. The van der Waals surface area contributed by atoms with Crippen LogP contribution in [0.25, 0.3) is 0 Å². The van der Waals surface area contributed by atoms with E-state index >= 15 is 0 Å². The highest BCUT2D eigenvalue weighted by molar-refractivity contribution is 7.92. The number of amides is 1. The predicted molar refractivity (Wildman–Crippen MR) is 104 cm³/mol. The van der Waals surface area contributed by atoms with Gasteiger partial charge in [-0.05, 0) is 60.2 Å². The van der Waals surface area contributed by atoms with Gasteiger partial charge in [0, 0.05) is 37.2 Å². The lowest BCUT2D eigenvalue weighted by Crippen LogP contribution is -2.26. The summed E-state index contributed by atoms with van der Waals surface area (Å²) in [4.78, 5) is 18.1. The van der Waals surface area contributed by atoms with Crippen molar-refractivity contribution in [3.63, 3.8) is 0 Å². The lowest BCUT2D eigenvalue weighted by molar-refractivity contribution is 0.0785. The molecule has 0 radical (unpaired) electrons. The Morgan fingerprint density at radius 1 is 1.07 bits per heavy atom. The fraction of sp³-hybridized carbons (Fsp3) is 0.100. The van der Waals surface area contributed by atoms with E-state index in [4.69, 9.17) is 0 Å². The van der Waals surface area contributed by atoms with Crippen molar-refractivity contribution in [1.82, 2.24) is 9.88 Å². The van der Waals surface area contributed by atoms with Gasteiger partial charge in [-0.15, -0.1) is 0 Å². The number of nitrogens with one attached hydrogen (secondary N) is 1. The van der Waals surface area contributed by atoms with Crippen molar-refractivity contribution in [2.45, 2.75) is 11.4 Å². The van der Waals surface area contributed by atoms with E-state index in [1.54, 1.807) is 37.6 Å². The van der Waals surface area contributed by atoms with Crippen molar-refractivity contribution in [2.75, 3.05) is 11.8 Å². The fourth-order valence-corrected chi connectivity index (χ4v) is 3.69. The van der Waals surface area contributed by atoms with Crippen LogP contribution in [-0.4, -0.2) is 31.3 Å². The first kappa shape index (κ1) is 19.5. The van der Waals surface area contributed by atoms with Crippen LogP contribution in [0, 0.1) is 5.82 Å². The van der Waals surface area contributed by atoms with Crippen LogP contribution in [0.4, 0.5) is 10.1 Å². The Bertz CT molecular complexity index is 1070. The monoisotopic (exact) mass is 399 g/mol. The minimum Gasteiger partial charge on any atom is -0.337 e. The molecule has 0 spiro atoms. The second-order valence-corrected chi connectivity index (χ2v) is 7.84. The zero-order valence-corrected chi connectivity index (χ0v) is 15.9. The highest BCUT2D eigenvalue weighted by atomic mass is 32.2. The first-order chi connectivity index (χ1) is 13.3. The van der Waals surface area contributed by atoms with Crippen LogP contribution in [0.2, 0.25) is 0 Å². The number of hydrogen-bond acceptors (Lipinski definition) is 4. The number of sulfonamides is 1. The van der Waals surface area contributed by atoms with Gasteiger partial charge in [0.1, 0.15) is 5.82 Å². The summed E-state index contributed by atoms with van der Waals surface area (Å²) < 4.78 is 40.5. The molecule has 144 valence electrons. The van der Waals surface area contributed by atoms with Crippen molar-refractivity contribution in [3.8, 4) is 0 Å². The van der Waals surface area contributed by atoms with E-state index in [0.717, 1.165) is 17.7 Å². The van der Waals surface area contributed by atoms with Gasteiger partial charge in [0.05, 0.1) is 4.90 Å². The molecular formula is C20H18FN3O3S. The van der Waals surface area contributed by atoms with E-state index in [1.165, 1.54) is 35.2 Å². The van der Waals surface area contributed by atoms with Gasteiger partial charge in [0.25, 0.3) is 15.9 Å². The maximum absolute atomic E-state index is 13.0. The molecule has 0 fully saturated rings. The summed E-state index contributed by atoms with van der Waals surface area (Å²) in [6, 6.07) is 14.3. The van der Waals surface area contributed by atoms with Crippen molar-refractivity contribution >= 4 is 21.6 Å². The number of rotatable bonds is 6. The molecule has 2 aromatic carbocycles. The van der Waals surface area contributed by atoms with Crippen LogP contribution >= 0.6 is 0 Å². The van der Waals surface area contributed by atoms with Gasteiger partial charge in [-0.2, -0.15) is 0 Å². The number of halogens is 1. The standard InChI is InChI=1S/C20H18FN3O3S/c1-24(14-15-9-11-22-12-10-15)20(25)16-3-2-4-19(13-16)28(26,27)23-18-7-5-17(21)6-8-18/h2-13,23H,14H2,1H3. The summed E-state index contributed by atoms with van der Waals surface area (Å²) in [5.41, 5.74) is 1.39. The first-order valence-electron chi connectivity index (χ1n) is 8.38. The summed E-state index contributed by atoms with van der Waals surface area (Å²) in [7, 11) is -2.28. The second kappa shape index (κ2) is 8.18. The lowest BCUT2D eigenvalue weighted by atomic mass is 10.2. The molecule has 3 aromatic rings. The van der Waals surface area contributed by atoms with Gasteiger partial charge in [-0.1, -0.05) is 6.07 Å². The highest BCUT2D eigenvalue weighted by Crippen LogP contribution is 2.18. The molecule has 0 aliphatic rings. The third kappa shape index (κ3) is 4.72. The fourth-order valence-electron chi connectivity index (χ4n) is 2.58. The van der Waals surface area contributed by atoms with Gasteiger partial charge >= 0.3 is 0 Å². The number of benzene rings is 2. The van der Waals surface area contributed by atoms with Crippen LogP contribution < -0.4 is 4.72 Å². The zero-order chi connectivity index (χ0) is 20.1. The Labute approximate surface area is 162 Å². The van der Waals surface area contributed by atoms with Crippen molar-refractivity contribution in [2.24, 2.45) is 0 Å². The van der Waals surface area contributed by atoms with Gasteiger partial charge in [0.2, 0.25) is 0 Å². The molecule has 0 aliphatic carbocycles. The normalized spacial score (nSPS) is 11.1. The Kier molecular flexibility index (Phi) is 5.70. The molecule has 1 heterocycles. The topological polar surface area (TPSA) is 79.4 Å². The summed E-state index contributed by atoms with van der Waals surface area (Å²) >= 11 is 0. The number of carbonyl (C=O) groups is 1. The third-order valence-corrected chi connectivity index (χ3v) is 5.38. The Balaban J connectivity index is 1.78. The van der Waals surface area contributed by atoms with Gasteiger partial charge in [0.15, 0.2) is 0 Å². The quantitative estimate of drug-likeness (QED) is 0.690. The number of anilines is 1. The molecule has 0 saturated heterocycles. The SMILES string of the molecule is CN(Cc1ccncc1)C(=O)c1cccc(S(=O)(=O)Nc2ccc(F)cc2)c1. The van der Waals surface area contributed by atoms with Crippen LogP contribution in [-0.2, 0) is 16.6 Å². The molecule has 8 heteroatoms. The number of aromatic nitrogens is 1. The Morgan fingerprint density at radius 3 is 2.43 bits per heavy atom. The van der Waals surface area contributed by atoms with Crippen LogP contribution in [0.1, 0.15) is 15.9 Å². The van der Waals surface area contributed by atoms with Crippen LogP contribution in [0.15, 0.2) is 78.0 Å². The molecule has 1 aromatic heterocycles. The number of hydrogen-bond donors (Lipinski definition) is 1. The van der Waals surface area contributed by atoms with E-state index in [0.29, 0.717) is 6.54 Å². The molecule has 0 bridgehead atoms. The van der Waals surface area contributed by atoms with Crippen molar-refractivity contribution in [1.29, 1.82) is 0 Å². The minimum atomic E-state index is -3.92. The molecule has 0 aliphatic heterocycles. The Hall–Kier alpha value is -3.26. The average molecular weight is 399 g/mol. The smallest absolute Gasteiger partial charge is 0.261 e. The van der Waals surface area contributed by atoms with Gasteiger partial charge < -0.3 is 4.90 Å². The largest absolute Gasteiger partial charge is 0.337 e. The zero-order valence-electron chi connectivity index (χ0n) is 15.0. The maximum atomic E-state index is 13.0. The second-order valence-electron chi connectivity index (χ2n) is 6.16. The van der Waals surface area contributed by atoms with Gasteiger partial charge in [-0.25, -0.2) is 12.8 Å². The van der Waals surface area contributed by atoms with E-state index in [2.05, 4.69) is 9.71 Å². The summed E-state index contributed by atoms with van der Waals surface area (Å²) in [5, 5.41) is 0. The molecule has 0 unspecified atom stereocenters. The van der Waals surface area contributed by atoms with E-state index in [-0.39, 0.29) is 22.1 Å². The van der Waals surface area contributed by atoms with Crippen molar-refractivity contribution in [3.05, 3.63) is 90.0 Å². The number of carbonyl (C=O) groups excluding carboxylic acids is 1. The first-order valence-corrected chi connectivity index (χ1v) is 9.86.